The lowest BCUT2D eigenvalue weighted by Crippen LogP contribution is -2.28. The fourth-order valence-corrected chi connectivity index (χ4v) is 3.26. The summed E-state index contributed by atoms with van der Waals surface area (Å²) in [6.07, 6.45) is 6.46. The zero-order valence-corrected chi connectivity index (χ0v) is 14.3. The largest absolute Gasteiger partial charge is 0.339 e. The molecule has 120 valence electrons. The molecule has 1 unspecified atom stereocenters. The van der Waals surface area contributed by atoms with Crippen molar-refractivity contribution in [1.29, 1.82) is 0 Å². The standard InChI is InChI=1S/C17H31N3O/c1-16(2,3)11-13(18)10-14-19-15(20-21-14)12-6-8-17(4,5)9-7-12/h12-13H,6-11,18H2,1-5H3. The van der Waals surface area contributed by atoms with Gasteiger partial charge in [0.1, 0.15) is 0 Å². The van der Waals surface area contributed by atoms with Crippen molar-refractivity contribution in [3.63, 3.8) is 0 Å². The quantitative estimate of drug-likeness (QED) is 0.909. The van der Waals surface area contributed by atoms with Gasteiger partial charge in [-0.25, -0.2) is 0 Å². The maximum atomic E-state index is 6.19. The molecule has 0 aliphatic heterocycles. The first-order valence-corrected chi connectivity index (χ1v) is 8.23. The van der Waals surface area contributed by atoms with Crippen LogP contribution in [-0.4, -0.2) is 16.2 Å². The smallest absolute Gasteiger partial charge is 0.228 e. The first kappa shape index (κ1) is 16.5. The molecule has 1 aromatic heterocycles. The zero-order valence-electron chi connectivity index (χ0n) is 14.3. The molecular weight excluding hydrogens is 262 g/mol. The lowest BCUT2D eigenvalue weighted by molar-refractivity contribution is 0.218. The fourth-order valence-electron chi connectivity index (χ4n) is 3.26. The molecule has 4 heteroatoms. The van der Waals surface area contributed by atoms with Gasteiger partial charge in [0.15, 0.2) is 5.82 Å². The van der Waals surface area contributed by atoms with Crippen molar-refractivity contribution in [1.82, 2.24) is 10.1 Å². The summed E-state index contributed by atoms with van der Waals surface area (Å²) in [4.78, 5) is 4.59. The minimum absolute atomic E-state index is 0.0867. The van der Waals surface area contributed by atoms with Crippen molar-refractivity contribution < 1.29 is 4.52 Å². The van der Waals surface area contributed by atoms with Crippen LogP contribution in [0, 0.1) is 10.8 Å². The van der Waals surface area contributed by atoms with Crippen molar-refractivity contribution in [3.8, 4) is 0 Å². The van der Waals surface area contributed by atoms with Crippen molar-refractivity contribution in [2.24, 2.45) is 16.6 Å². The molecule has 0 spiro atoms. The Hall–Kier alpha value is -0.900. The van der Waals surface area contributed by atoms with Gasteiger partial charge < -0.3 is 10.3 Å². The van der Waals surface area contributed by atoms with E-state index < -0.39 is 0 Å². The third kappa shape index (κ3) is 5.10. The van der Waals surface area contributed by atoms with Crippen LogP contribution in [0.15, 0.2) is 4.52 Å². The Labute approximate surface area is 128 Å². The second-order valence-electron chi connectivity index (χ2n) is 8.71. The molecule has 21 heavy (non-hydrogen) atoms. The molecule has 0 amide bonds. The van der Waals surface area contributed by atoms with E-state index in [9.17, 15) is 0 Å². The lowest BCUT2D eigenvalue weighted by atomic mass is 9.73. The van der Waals surface area contributed by atoms with Crippen molar-refractivity contribution in [2.75, 3.05) is 0 Å². The highest BCUT2D eigenvalue weighted by Crippen LogP contribution is 2.41. The van der Waals surface area contributed by atoms with Gasteiger partial charge in [0.05, 0.1) is 0 Å². The number of nitrogens with zero attached hydrogens (tertiary/aromatic N) is 2. The molecule has 4 nitrogen and oxygen atoms in total. The number of rotatable bonds is 4. The van der Waals surface area contributed by atoms with Crippen molar-refractivity contribution >= 4 is 0 Å². The van der Waals surface area contributed by atoms with Crippen LogP contribution in [-0.2, 0) is 6.42 Å². The van der Waals surface area contributed by atoms with Crippen LogP contribution >= 0.6 is 0 Å². The number of hydrogen-bond donors (Lipinski definition) is 1. The Kier molecular flexibility index (Phi) is 4.76. The van der Waals surface area contributed by atoms with Gasteiger partial charge in [-0.2, -0.15) is 4.98 Å². The van der Waals surface area contributed by atoms with E-state index in [1.807, 2.05) is 0 Å². The van der Waals surface area contributed by atoms with E-state index in [1.165, 1.54) is 25.7 Å². The number of nitrogens with two attached hydrogens (primary N) is 1. The summed E-state index contributed by atoms with van der Waals surface area (Å²) >= 11 is 0. The monoisotopic (exact) mass is 293 g/mol. The topological polar surface area (TPSA) is 64.9 Å². The normalized spacial score (nSPS) is 21.4. The second kappa shape index (κ2) is 6.07. The Morgan fingerprint density at radius 2 is 1.90 bits per heavy atom. The fraction of sp³-hybridized carbons (Fsp3) is 0.882. The highest BCUT2D eigenvalue weighted by Gasteiger charge is 2.30. The summed E-state index contributed by atoms with van der Waals surface area (Å²) in [5, 5.41) is 4.20. The van der Waals surface area contributed by atoms with Gasteiger partial charge in [-0.3, -0.25) is 0 Å². The van der Waals surface area contributed by atoms with Crippen molar-refractivity contribution in [2.45, 2.75) is 85.1 Å². The van der Waals surface area contributed by atoms with Gasteiger partial charge in [-0.05, 0) is 42.9 Å². The van der Waals surface area contributed by atoms with Crippen LogP contribution in [0.3, 0.4) is 0 Å². The molecule has 0 bridgehead atoms. The Bertz CT molecular complexity index is 449. The van der Waals surface area contributed by atoms with E-state index in [0.717, 1.165) is 12.2 Å². The predicted octanol–water partition coefficient (Wildman–Crippen LogP) is 4.06. The highest BCUT2D eigenvalue weighted by atomic mass is 16.5. The molecule has 1 saturated carbocycles. The maximum Gasteiger partial charge on any atom is 0.228 e. The van der Waals surface area contributed by atoms with Gasteiger partial charge >= 0.3 is 0 Å². The highest BCUT2D eigenvalue weighted by molar-refractivity contribution is 5.00. The van der Waals surface area contributed by atoms with Crippen LogP contribution in [0.5, 0.6) is 0 Å². The molecule has 2 N–H and O–H groups in total. The Morgan fingerprint density at radius 3 is 2.48 bits per heavy atom. The van der Waals surface area contributed by atoms with Gasteiger partial charge in [0, 0.05) is 18.4 Å². The summed E-state index contributed by atoms with van der Waals surface area (Å²) in [5.74, 6) is 2.06. The van der Waals surface area contributed by atoms with E-state index >= 15 is 0 Å². The Balaban J connectivity index is 1.90. The van der Waals surface area contributed by atoms with Crippen LogP contribution in [0.25, 0.3) is 0 Å². The predicted molar refractivity (Wildman–Crippen MR) is 85.0 cm³/mol. The zero-order chi connectivity index (χ0) is 15.7. The second-order valence-corrected chi connectivity index (χ2v) is 8.71. The molecule has 1 aromatic rings. The average Bonchev–Trinajstić information content (AvgIpc) is 2.74. The van der Waals surface area contributed by atoms with E-state index in [2.05, 4.69) is 44.8 Å². The molecule has 1 aliphatic rings. The molecular formula is C17H31N3O. The van der Waals surface area contributed by atoms with Crippen LogP contribution < -0.4 is 5.73 Å². The summed E-state index contributed by atoms with van der Waals surface area (Å²) in [5.41, 5.74) is 6.89. The molecule has 2 rings (SSSR count). The molecule has 1 atom stereocenters. The van der Waals surface area contributed by atoms with E-state index in [0.29, 0.717) is 23.6 Å². The Morgan fingerprint density at radius 1 is 1.29 bits per heavy atom. The summed E-state index contributed by atoms with van der Waals surface area (Å²) in [6.45, 7) is 11.3. The van der Waals surface area contributed by atoms with Crippen LogP contribution in [0.1, 0.15) is 84.4 Å². The van der Waals surface area contributed by atoms with Crippen LogP contribution in [0.2, 0.25) is 0 Å². The summed E-state index contributed by atoms with van der Waals surface area (Å²) < 4.78 is 5.41. The van der Waals surface area contributed by atoms with Gasteiger partial charge in [0.2, 0.25) is 5.89 Å². The first-order valence-electron chi connectivity index (χ1n) is 8.23. The summed E-state index contributed by atoms with van der Waals surface area (Å²) in [6, 6.07) is 0.0867. The third-order valence-corrected chi connectivity index (χ3v) is 4.50. The maximum absolute atomic E-state index is 6.19. The van der Waals surface area contributed by atoms with E-state index in [1.54, 1.807) is 0 Å². The summed E-state index contributed by atoms with van der Waals surface area (Å²) in [7, 11) is 0. The van der Waals surface area contributed by atoms with Crippen molar-refractivity contribution in [3.05, 3.63) is 11.7 Å². The lowest BCUT2D eigenvalue weighted by Gasteiger charge is -2.32. The molecule has 0 aromatic carbocycles. The van der Waals surface area contributed by atoms with Gasteiger partial charge in [0.25, 0.3) is 0 Å². The van der Waals surface area contributed by atoms with Gasteiger partial charge in [-0.15, -0.1) is 0 Å². The molecule has 0 saturated heterocycles. The third-order valence-electron chi connectivity index (χ3n) is 4.50. The van der Waals surface area contributed by atoms with E-state index in [-0.39, 0.29) is 11.5 Å². The average molecular weight is 293 g/mol. The number of aromatic nitrogens is 2. The first-order chi connectivity index (χ1) is 9.65. The van der Waals surface area contributed by atoms with E-state index in [4.69, 9.17) is 10.3 Å². The molecule has 1 heterocycles. The number of hydrogen-bond acceptors (Lipinski definition) is 4. The molecule has 1 fully saturated rings. The minimum atomic E-state index is 0.0867. The van der Waals surface area contributed by atoms with Crippen LogP contribution in [0.4, 0.5) is 0 Å². The van der Waals surface area contributed by atoms with Gasteiger partial charge in [-0.1, -0.05) is 39.8 Å². The molecule has 1 aliphatic carbocycles. The SMILES string of the molecule is CC(C)(C)CC(N)Cc1nc(C2CCC(C)(C)CC2)no1. The minimum Gasteiger partial charge on any atom is -0.339 e. The molecule has 0 radical (unpaired) electrons.